The number of nitrogens with zero attached hydrogens (tertiary/aromatic N) is 1. The van der Waals surface area contributed by atoms with E-state index in [1.54, 1.807) is 12.1 Å². The second-order valence-electron chi connectivity index (χ2n) is 7.72. The van der Waals surface area contributed by atoms with Crippen LogP contribution in [0.25, 0.3) is 10.9 Å². The third-order valence-electron chi connectivity index (χ3n) is 4.89. The highest BCUT2D eigenvalue weighted by Crippen LogP contribution is 2.36. The number of benzene rings is 1. The van der Waals surface area contributed by atoms with Crippen molar-refractivity contribution in [2.45, 2.75) is 38.9 Å². The number of carboxylic acid groups (broad SMARTS) is 2. The molecule has 0 aliphatic rings. The fourth-order valence-electron chi connectivity index (χ4n) is 2.38. The van der Waals surface area contributed by atoms with E-state index in [2.05, 4.69) is 49.8 Å². The lowest BCUT2D eigenvalue weighted by molar-refractivity contribution is 0.0683. The zero-order valence-corrected chi connectivity index (χ0v) is 18.6. The number of halogens is 1. The minimum Gasteiger partial charge on any atom is -0.491 e. The van der Waals surface area contributed by atoms with Gasteiger partial charge in [-0.25, -0.2) is 14.2 Å². The predicted molar refractivity (Wildman–Crippen MR) is 109 cm³/mol. The van der Waals surface area contributed by atoms with Crippen molar-refractivity contribution in [2.24, 2.45) is 0 Å². The number of carbonyl (C=O) groups is 2. The molecule has 1 heterocycles. The Balaban J connectivity index is 2.21. The highest BCUT2D eigenvalue weighted by Gasteiger charge is 2.36. The third-order valence-corrected chi connectivity index (χ3v) is 10.2. The van der Waals surface area contributed by atoms with Crippen LogP contribution in [0.1, 0.15) is 31.3 Å². The molecule has 1 aromatic carbocycles. The largest absolute Gasteiger partial charge is 0.491 e. The van der Waals surface area contributed by atoms with Gasteiger partial charge in [0.05, 0.1) is 16.6 Å². The molecule has 0 saturated heterocycles. The van der Waals surface area contributed by atoms with Crippen LogP contribution < -0.4 is 4.74 Å². The van der Waals surface area contributed by atoms with Gasteiger partial charge in [-0.15, -0.1) is 0 Å². The van der Waals surface area contributed by atoms with Crippen LogP contribution in [0.5, 0.6) is 5.75 Å². The third kappa shape index (κ3) is 4.36. The van der Waals surface area contributed by atoms with Gasteiger partial charge in [-0.3, -0.25) is 0 Å². The molecule has 0 saturated carbocycles. The van der Waals surface area contributed by atoms with Gasteiger partial charge < -0.3 is 19.4 Å². The minimum absolute atomic E-state index is 0.105. The molecule has 0 radical (unpaired) electrons. The van der Waals surface area contributed by atoms with Gasteiger partial charge >= 0.3 is 12.1 Å². The normalized spacial score (nSPS) is 12.4. The molecule has 2 N–H and O–H groups in total. The van der Waals surface area contributed by atoms with Gasteiger partial charge in [0.2, 0.25) is 0 Å². The molecule has 2 aromatic rings. The van der Waals surface area contributed by atoms with Gasteiger partial charge in [-0.05, 0) is 46.2 Å². The SMILES string of the molecule is CC(C)(C)[Si](C)(C)OCCOc1ccc2c(Br)c(C(=O)O)n(C(=O)O)c2c1. The van der Waals surface area contributed by atoms with E-state index < -0.39 is 20.4 Å². The first kappa shape index (κ1) is 21.5. The molecule has 0 spiro atoms. The Labute approximate surface area is 167 Å². The summed E-state index contributed by atoms with van der Waals surface area (Å²) in [6.45, 7) is 11.5. The second-order valence-corrected chi connectivity index (χ2v) is 13.3. The average Bonchev–Trinajstić information content (AvgIpc) is 2.83. The van der Waals surface area contributed by atoms with Crippen molar-refractivity contribution in [1.82, 2.24) is 4.57 Å². The van der Waals surface area contributed by atoms with Crippen molar-refractivity contribution in [3.8, 4) is 5.75 Å². The van der Waals surface area contributed by atoms with E-state index in [0.717, 1.165) is 4.57 Å². The molecule has 0 aliphatic heterocycles. The number of hydrogen-bond acceptors (Lipinski definition) is 4. The number of aromatic carboxylic acids is 1. The molecule has 0 bridgehead atoms. The van der Waals surface area contributed by atoms with Crippen molar-refractivity contribution in [3.63, 3.8) is 0 Å². The molecular formula is C18H24BrNO6Si. The summed E-state index contributed by atoms with van der Waals surface area (Å²) in [5.74, 6) is -0.878. The number of carboxylic acids is 1. The van der Waals surface area contributed by atoms with Gasteiger partial charge in [0.25, 0.3) is 0 Å². The first-order valence-corrected chi connectivity index (χ1v) is 12.1. The molecule has 0 atom stereocenters. The van der Waals surface area contributed by atoms with Crippen LogP contribution in [0.2, 0.25) is 18.1 Å². The fraction of sp³-hybridized carbons (Fsp3) is 0.444. The van der Waals surface area contributed by atoms with Gasteiger partial charge in [0.1, 0.15) is 12.4 Å². The second kappa shape index (κ2) is 7.65. The first-order valence-electron chi connectivity index (χ1n) is 8.44. The molecule has 0 unspecified atom stereocenters. The lowest BCUT2D eigenvalue weighted by atomic mass is 10.2. The molecule has 7 nitrogen and oxygen atoms in total. The minimum atomic E-state index is -1.86. The van der Waals surface area contributed by atoms with Crippen molar-refractivity contribution in [1.29, 1.82) is 0 Å². The Morgan fingerprint density at radius 1 is 1.19 bits per heavy atom. The molecule has 0 fully saturated rings. The Morgan fingerprint density at radius 2 is 1.81 bits per heavy atom. The van der Waals surface area contributed by atoms with E-state index in [9.17, 15) is 19.8 Å². The number of fused-ring (bicyclic) bond motifs is 1. The summed E-state index contributed by atoms with van der Waals surface area (Å²) in [7, 11) is -1.86. The summed E-state index contributed by atoms with van der Waals surface area (Å²) in [4.78, 5) is 23.0. The van der Waals surface area contributed by atoms with Crippen LogP contribution in [0.15, 0.2) is 22.7 Å². The van der Waals surface area contributed by atoms with Crippen LogP contribution >= 0.6 is 15.9 Å². The zero-order valence-electron chi connectivity index (χ0n) is 16.0. The monoisotopic (exact) mass is 457 g/mol. The van der Waals surface area contributed by atoms with Crippen LogP contribution in [0.3, 0.4) is 0 Å². The highest BCUT2D eigenvalue weighted by atomic mass is 79.9. The van der Waals surface area contributed by atoms with Crippen molar-refractivity contribution in [3.05, 3.63) is 28.4 Å². The lowest BCUT2D eigenvalue weighted by Gasteiger charge is -2.36. The molecule has 0 amide bonds. The van der Waals surface area contributed by atoms with E-state index >= 15 is 0 Å². The van der Waals surface area contributed by atoms with Crippen LogP contribution in [0.4, 0.5) is 4.79 Å². The van der Waals surface area contributed by atoms with Crippen LogP contribution in [-0.2, 0) is 4.43 Å². The van der Waals surface area contributed by atoms with E-state index in [0.29, 0.717) is 24.3 Å². The number of ether oxygens (including phenoxy) is 1. The Morgan fingerprint density at radius 3 is 2.33 bits per heavy atom. The maximum absolute atomic E-state index is 11.6. The van der Waals surface area contributed by atoms with E-state index in [-0.39, 0.29) is 20.7 Å². The van der Waals surface area contributed by atoms with Gasteiger partial charge in [0.15, 0.2) is 14.0 Å². The average molecular weight is 458 g/mol. The quantitative estimate of drug-likeness (QED) is 0.466. The maximum Gasteiger partial charge on any atom is 0.416 e. The standard InChI is InChI=1S/C18H24BrNO6Si/c1-18(2,3)27(4,5)26-9-8-25-11-6-7-12-13(10-11)20(17(23)24)15(14(12)19)16(21)22/h6-7,10H,8-9H2,1-5H3,(H,21,22)(H,23,24). The molecule has 148 valence electrons. The fourth-order valence-corrected chi connectivity index (χ4v) is 4.09. The molecule has 0 aliphatic carbocycles. The number of rotatable bonds is 6. The molecule has 27 heavy (non-hydrogen) atoms. The summed E-state index contributed by atoms with van der Waals surface area (Å²) in [5, 5.41) is 19.3. The van der Waals surface area contributed by atoms with E-state index in [1.165, 1.54) is 6.07 Å². The smallest absolute Gasteiger partial charge is 0.416 e. The molecule has 9 heteroatoms. The summed E-state index contributed by atoms with van der Waals surface area (Å²) in [6.07, 6.45) is -1.37. The summed E-state index contributed by atoms with van der Waals surface area (Å²) < 4.78 is 12.7. The van der Waals surface area contributed by atoms with E-state index in [1.807, 2.05) is 0 Å². The van der Waals surface area contributed by atoms with Crippen molar-refractivity contribution in [2.75, 3.05) is 13.2 Å². The summed E-state index contributed by atoms with van der Waals surface area (Å²) >= 11 is 3.18. The van der Waals surface area contributed by atoms with Crippen molar-refractivity contribution < 1.29 is 29.0 Å². The molecular weight excluding hydrogens is 434 g/mol. The zero-order chi connectivity index (χ0) is 20.6. The highest BCUT2D eigenvalue weighted by molar-refractivity contribution is 9.10. The maximum atomic E-state index is 11.6. The Kier molecular flexibility index (Phi) is 6.08. The van der Waals surface area contributed by atoms with Crippen LogP contribution in [-0.4, -0.2) is 48.4 Å². The molecule has 2 rings (SSSR count). The molecule has 1 aromatic heterocycles. The summed E-state index contributed by atoms with van der Waals surface area (Å²) in [5.41, 5.74) is -0.0921. The van der Waals surface area contributed by atoms with Gasteiger partial charge in [-0.2, -0.15) is 0 Å². The van der Waals surface area contributed by atoms with Crippen molar-refractivity contribution >= 4 is 47.2 Å². The Bertz CT molecular complexity index is 884. The Hall–Kier alpha value is -1.84. The van der Waals surface area contributed by atoms with Gasteiger partial charge in [-0.1, -0.05) is 20.8 Å². The van der Waals surface area contributed by atoms with Crippen LogP contribution in [0, 0.1) is 0 Å². The number of hydrogen-bond donors (Lipinski definition) is 2. The number of aromatic nitrogens is 1. The first-order chi connectivity index (χ1) is 12.4. The predicted octanol–water partition coefficient (Wildman–Crippen LogP) is 5.03. The van der Waals surface area contributed by atoms with E-state index in [4.69, 9.17) is 9.16 Å². The van der Waals surface area contributed by atoms with Gasteiger partial charge in [0, 0.05) is 11.5 Å². The lowest BCUT2D eigenvalue weighted by Crippen LogP contribution is -2.41. The summed E-state index contributed by atoms with van der Waals surface area (Å²) in [6, 6.07) is 4.83. The topological polar surface area (TPSA) is 98.0 Å².